The Morgan fingerprint density at radius 3 is 2.74 bits per heavy atom. The summed E-state index contributed by atoms with van der Waals surface area (Å²) in [6, 6.07) is 0. The molecule has 0 spiro atoms. The van der Waals surface area contributed by atoms with E-state index in [2.05, 4.69) is 32.6 Å². The molecule has 2 N–H and O–H groups in total. The van der Waals surface area contributed by atoms with Gasteiger partial charge in [-0.1, -0.05) is 38.2 Å². The summed E-state index contributed by atoms with van der Waals surface area (Å²) in [5, 5.41) is 20.2. The lowest BCUT2D eigenvalue weighted by atomic mass is 9.60. The van der Waals surface area contributed by atoms with Crippen molar-refractivity contribution in [3.05, 3.63) is 35.5 Å². The van der Waals surface area contributed by atoms with Crippen LogP contribution in [0.5, 0.6) is 0 Å². The minimum absolute atomic E-state index is 0.0740. The minimum Gasteiger partial charge on any atom is -0.393 e. The molecule has 1 aliphatic heterocycles. The van der Waals surface area contributed by atoms with Gasteiger partial charge < -0.3 is 14.9 Å². The van der Waals surface area contributed by atoms with Crippen molar-refractivity contribution < 1.29 is 19.7 Å². The van der Waals surface area contributed by atoms with Crippen LogP contribution in [0.1, 0.15) is 71.6 Å². The quantitative estimate of drug-likeness (QED) is 0.635. The van der Waals surface area contributed by atoms with Gasteiger partial charge in [-0.2, -0.15) is 0 Å². The maximum absolute atomic E-state index is 13.2. The third kappa shape index (κ3) is 3.89. The van der Waals surface area contributed by atoms with Crippen LogP contribution < -0.4 is 0 Å². The van der Waals surface area contributed by atoms with Gasteiger partial charge >= 0.3 is 0 Å². The van der Waals surface area contributed by atoms with Crippen molar-refractivity contribution in [2.75, 3.05) is 0 Å². The van der Waals surface area contributed by atoms with Gasteiger partial charge in [-0.05, 0) is 85.7 Å². The Morgan fingerprint density at radius 1 is 1.23 bits per heavy atom. The summed E-state index contributed by atoms with van der Waals surface area (Å²) in [6.45, 7) is 8.62. The molecule has 4 heteroatoms. The summed E-state index contributed by atoms with van der Waals surface area (Å²) >= 11 is 0. The summed E-state index contributed by atoms with van der Waals surface area (Å²) in [6.07, 6.45) is 12.4. The van der Waals surface area contributed by atoms with Crippen LogP contribution in [0.25, 0.3) is 0 Å². The highest BCUT2D eigenvalue weighted by molar-refractivity contribution is 5.88. The topological polar surface area (TPSA) is 70.1 Å². The zero-order valence-electron chi connectivity index (χ0n) is 19.1. The van der Waals surface area contributed by atoms with Crippen molar-refractivity contribution in [3.63, 3.8) is 0 Å². The SMILES string of the molecule is C=C1/C(=C\C=C2/CCC[C@@]3(C)C2CC[C@@H]3[C@H](C)C(=O)[C@@H]2OC2C2CC2)C[C@@H](O)C[C@@H]1O. The van der Waals surface area contributed by atoms with Crippen LogP contribution in [0.4, 0.5) is 0 Å². The number of hydrogen-bond acceptors (Lipinski definition) is 4. The van der Waals surface area contributed by atoms with Crippen molar-refractivity contribution >= 4 is 5.78 Å². The number of allylic oxidation sites excluding steroid dienone is 3. The monoisotopic (exact) mass is 426 g/mol. The minimum atomic E-state index is -0.642. The Hall–Kier alpha value is -1.23. The van der Waals surface area contributed by atoms with Gasteiger partial charge in [0.05, 0.1) is 18.3 Å². The number of rotatable bonds is 5. The molecule has 4 nitrogen and oxygen atoms in total. The maximum atomic E-state index is 13.2. The predicted octanol–water partition coefficient (Wildman–Crippen LogP) is 4.51. The molecule has 4 aliphatic carbocycles. The number of aliphatic hydroxyl groups is 2. The average molecular weight is 427 g/mol. The third-order valence-electron chi connectivity index (χ3n) is 9.25. The number of hydrogen-bond donors (Lipinski definition) is 2. The highest BCUT2D eigenvalue weighted by Crippen LogP contribution is 2.60. The fourth-order valence-electron chi connectivity index (χ4n) is 7.16. The zero-order chi connectivity index (χ0) is 21.9. The van der Waals surface area contributed by atoms with Gasteiger partial charge in [-0.15, -0.1) is 0 Å². The second-order valence-corrected chi connectivity index (χ2v) is 11.2. The standard InChI is InChI=1S/C27H38O4/c1-15-19(13-20(28)14-23(15)29)9-6-17-5-4-12-27(3)21(10-11-22(17)27)16(2)24(30)26-25(31-26)18-7-8-18/h6,9,16,18,20-23,25-26,28-29H,1,4-5,7-8,10-14H2,2-3H3/b17-6+,19-9-/t16-,20+,21+,22?,23-,25?,26-,27+/m0/s1. The second kappa shape index (κ2) is 7.97. The molecule has 0 aromatic heterocycles. The van der Waals surface area contributed by atoms with E-state index in [0.29, 0.717) is 36.4 Å². The van der Waals surface area contributed by atoms with E-state index in [1.165, 1.54) is 24.8 Å². The Balaban J connectivity index is 1.31. The van der Waals surface area contributed by atoms with Gasteiger partial charge in [-0.25, -0.2) is 0 Å². The van der Waals surface area contributed by atoms with E-state index < -0.39 is 12.2 Å². The lowest BCUT2D eigenvalue weighted by Gasteiger charge is -2.44. The van der Waals surface area contributed by atoms with Crippen LogP contribution >= 0.6 is 0 Å². The van der Waals surface area contributed by atoms with Gasteiger partial charge in [0.25, 0.3) is 0 Å². The van der Waals surface area contributed by atoms with Crippen molar-refractivity contribution in [3.8, 4) is 0 Å². The largest absolute Gasteiger partial charge is 0.393 e. The van der Waals surface area contributed by atoms with Crippen molar-refractivity contribution in [1.82, 2.24) is 0 Å². The summed E-state index contributed by atoms with van der Waals surface area (Å²) in [5.41, 5.74) is 3.37. The van der Waals surface area contributed by atoms with Crippen molar-refractivity contribution in [1.29, 1.82) is 0 Å². The van der Waals surface area contributed by atoms with Gasteiger partial charge in [0.15, 0.2) is 5.78 Å². The van der Waals surface area contributed by atoms with Crippen molar-refractivity contribution in [2.45, 2.75) is 96.1 Å². The molecule has 0 bridgehead atoms. The van der Waals surface area contributed by atoms with E-state index in [9.17, 15) is 15.0 Å². The molecule has 1 saturated heterocycles. The van der Waals surface area contributed by atoms with Crippen LogP contribution in [-0.4, -0.2) is 40.4 Å². The number of aliphatic hydroxyl groups excluding tert-OH is 2. The Labute approximate surface area is 186 Å². The molecular formula is C27H38O4. The average Bonchev–Trinajstić information content (AvgIpc) is 3.63. The van der Waals surface area contributed by atoms with Gasteiger partial charge in [-0.3, -0.25) is 4.79 Å². The van der Waals surface area contributed by atoms with E-state index in [1.807, 2.05) is 0 Å². The first kappa shape index (κ1) is 21.6. The smallest absolute Gasteiger partial charge is 0.167 e. The molecule has 5 fully saturated rings. The molecule has 0 radical (unpaired) electrons. The molecule has 5 aliphatic rings. The van der Waals surface area contributed by atoms with Gasteiger partial charge in [0, 0.05) is 12.3 Å². The number of carbonyl (C=O) groups excluding carboxylic acids is 1. The molecule has 4 saturated carbocycles. The molecule has 0 amide bonds. The van der Waals surface area contributed by atoms with Crippen LogP contribution in [-0.2, 0) is 9.53 Å². The number of ether oxygens (including phenoxy) is 1. The first-order valence-electron chi connectivity index (χ1n) is 12.4. The van der Waals surface area contributed by atoms with Crippen LogP contribution in [0.3, 0.4) is 0 Å². The summed E-state index contributed by atoms with van der Waals surface area (Å²) in [7, 11) is 0. The normalized spacial score (nSPS) is 46.3. The number of Topliss-reactive ketones (excluding diaryl/α,β-unsaturated/α-hetero) is 1. The summed E-state index contributed by atoms with van der Waals surface area (Å²) in [4.78, 5) is 13.2. The van der Waals surface area contributed by atoms with Crippen LogP contribution in [0.15, 0.2) is 35.5 Å². The first-order valence-corrected chi connectivity index (χ1v) is 12.4. The first-order chi connectivity index (χ1) is 14.8. The number of ketones is 1. The molecule has 0 aromatic rings. The number of fused-ring (bicyclic) bond motifs is 1. The molecule has 170 valence electrons. The molecule has 5 rings (SSSR count). The summed E-state index contributed by atoms with van der Waals surface area (Å²) < 4.78 is 5.79. The Kier molecular flexibility index (Phi) is 5.55. The zero-order valence-corrected chi connectivity index (χ0v) is 19.1. The lowest BCUT2D eigenvalue weighted by molar-refractivity contribution is -0.126. The Morgan fingerprint density at radius 2 is 2.00 bits per heavy atom. The highest BCUT2D eigenvalue weighted by Gasteiger charge is 2.57. The van der Waals surface area contributed by atoms with Gasteiger partial charge in [0.1, 0.15) is 6.10 Å². The predicted molar refractivity (Wildman–Crippen MR) is 120 cm³/mol. The van der Waals surface area contributed by atoms with Gasteiger partial charge in [0.2, 0.25) is 0 Å². The molecular weight excluding hydrogens is 388 g/mol. The maximum Gasteiger partial charge on any atom is 0.167 e. The lowest BCUT2D eigenvalue weighted by Crippen LogP contribution is -2.39. The second-order valence-electron chi connectivity index (χ2n) is 11.2. The molecule has 31 heavy (non-hydrogen) atoms. The number of carbonyl (C=O) groups is 1. The van der Waals surface area contributed by atoms with E-state index in [-0.39, 0.29) is 23.5 Å². The molecule has 2 unspecified atom stereocenters. The van der Waals surface area contributed by atoms with Crippen LogP contribution in [0.2, 0.25) is 0 Å². The van der Waals surface area contributed by atoms with E-state index in [4.69, 9.17) is 4.74 Å². The third-order valence-corrected chi connectivity index (χ3v) is 9.25. The highest BCUT2D eigenvalue weighted by atomic mass is 16.6. The summed E-state index contributed by atoms with van der Waals surface area (Å²) in [5.74, 6) is 2.02. The number of epoxide rings is 1. The van der Waals surface area contributed by atoms with E-state index in [1.54, 1.807) is 0 Å². The molecule has 0 aromatic carbocycles. The van der Waals surface area contributed by atoms with Crippen LogP contribution in [0, 0.1) is 29.1 Å². The molecule has 8 atom stereocenters. The fraction of sp³-hybridized carbons (Fsp3) is 0.741. The van der Waals surface area contributed by atoms with E-state index in [0.717, 1.165) is 36.8 Å². The van der Waals surface area contributed by atoms with E-state index >= 15 is 0 Å². The van der Waals surface area contributed by atoms with Crippen molar-refractivity contribution in [2.24, 2.45) is 29.1 Å². The molecule has 1 heterocycles. The fourth-order valence-corrected chi connectivity index (χ4v) is 7.16. The Bertz CT molecular complexity index is 821.